The maximum absolute atomic E-state index is 12.3. The third-order valence-corrected chi connectivity index (χ3v) is 5.32. The standard InChI is InChI=1S/C23H17ClIN3O4/c24-17-11-9-15(10-12-17)23(31)32-20-8-4-1-5-16(20)13-27-28-21(29)14-26-22(30)18-6-2-3-7-19(18)25/h1-13H,14H2,(H,26,30)(H,28,29)/b27-13+. The van der Waals surface area contributed by atoms with E-state index in [1.807, 2.05) is 6.07 Å². The lowest BCUT2D eigenvalue weighted by atomic mass is 10.2. The zero-order valence-corrected chi connectivity index (χ0v) is 19.5. The molecule has 0 fully saturated rings. The largest absolute Gasteiger partial charge is 0.422 e. The first kappa shape index (κ1) is 23.4. The number of esters is 1. The van der Waals surface area contributed by atoms with Crippen LogP contribution in [0, 0.1) is 3.57 Å². The highest BCUT2D eigenvalue weighted by Crippen LogP contribution is 2.18. The summed E-state index contributed by atoms with van der Waals surface area (Å²) in [6, 6.07) is 20.1. The number of nitrogens with one attached hydrogen (secondary N) is 2. The summed E-state index contributed by atoms with van der Waals surface area (Å²) in [5.74, 6) is -1.13. The predicted octanol–water partition coefficient (Wildman–Crippen LogP) is 4.04. The molecule has 3 rings (SSSR count). The maximum Gasteiger partial charge on any atom is 0.343 e. The summed E-state index contributed by atoms with van der Waals surface area (Å²) in [4.78, 5) is 36.5. The fraction of sp³-hybridized carbons (Fsp3) is 0.0435. The molecule has 0 aliphatic rings. The topological polar surface area (TPSA) is 96.9 Å². The second-order valence-corrected chi connectivity index (χ2v) is 7.99. The molecular weight excluding hydrogens is 545 g/mol. The Labute approximate surface area is 202 Å². The van der Waals surface area contributed by atoms with E-state index in [9.17, 15) is 14.4 Å². The average molecular weight is 562 g/mol. The van der Waals surface area contributed by atoms with Crippen molar-refractivity contribution in [1.82, 2.24) is 10.7 Å². The number of rotatable bonds is 7. The van der Waals surface area contributed by atoms with E-state index >= 15 is 0 Å². The van der Waals surface area contributed by atoms with Crippen molar-refractivity contribution in [3.8, 4) is 5.75 Å². The minimum Gasteiger partial charge on any atom is -0.422 e. The van der Waals surface area contributed by atoms with E-state index < -0.39 is 11.9 Å². The normalized spacial score (nSPS) is 10.6. The fourth-order valence-electron chi connectivity index (χ4n) is 2.54. The molecule has 0 unspecified atom stereocenters. The summed E-state index contributed by atoms with van der Waals surface area (Å²) in [5, 5.41) is 6.93. The van der Waals surface area contributed by atoms with E-state index in [-0.39, 0.29) is 18.2 Å². The first-order valence-electron chi connectivity index (χ1n) is 9.35. The molecule has 0 aliphatic heterocycles. The molecule has 0 aliphatic carbocycles. The van der Waals surface area contributed by atoms with Gasteiger partial charge in [0.2, 0.25) is 0 Å². The molecule has 0 spiro atoms. The van der Waals surface area contributed by atoms with E-state index in [0.717, 1.165) is 3.57 Å². The van der Waals surface area contributed by atoms with Gasteiger partial charge in [-0.15, -0.1) is 0 Å². The lowest BCUT2D eigenvalue weighted by molar-refractivity contribution is -0.120. The number of carbonyl (C=O) groups is 3. The monoisotopic (exact) mass is 561 g/mol. The number of halogens is 2. The van der Waals surface area contributed by atoms with Gasteiger partial charge in [-0.25, -0.2) is 10.2 Å². The lowest BCUT2D eigenvalue weighted by Gasteiger charge is -2.08. The minimum atomic E-state index is -0.551. The van der Waals surface area contributed by atoms with Gasteiger partial charge in [0, 0.05) is 14.2 Å². The van der Waals surface area contributed by atoms with E-state index in [1.54, 1.807) is 66.7 Å². The fourth-order valence-corrected chi connectivity index (χ4v) is 3.30. The molecule has 32 heavy (non-hydrogen) atoms. The first-order chi connectivity index (χ1) is 15.4. The molecule has 0 saturated heterocycles. The van der Waals surface area contributed by atoms with E-state index in [2.05, 4.69) is 38.4 Å². The van der Waals surface area contributed by atoms with Gasteiger partial charge in [-0.05, 0) is 71.1 Å². The Morgan fingerprint density at radius 1 is 0.969 bits per heavy atom. The van der Waals surface area contributed by atoms with Crippen LogP contribution in [-0.4, -0.2) is 30.5 Å². The Hall–Kier alpha value is -3.24. The van der Waals surface area contributed by atoms with Crippen molar-refractivity contribution in [2.75, 3.05) is 6.54 Å². The van der Waals surface area contributed by atoms with Crippen LogP contribution in [0.3, 0.4) is 0 Å². The van der Waals surface area contributed by atoms with Crippen LogP contribution in [0.15, 0.2) is 77.9 Å². The van der Waals surface area contributed by atoms with Crippen LogP contribution in [0.4, 0.5) is 0 Å². The lowest BCUT2D eigenvalue weighted by Crippen LogP contribution is -2.35. The van der Waals surface area contributed by atoms with E-state index in [1.165, 1.54) is 6.21 Å². The highest BCUT2D eigenvalue weighted by Gasteiger charge is 2.12. The summed E-state index contributed by atoms with van der Waals surface area (Å²) in [7, 11) is 0. The summed E-state index contributed by atoms with van der Waals surface area (Å²) in [6.45, 7) is -0.242. The van der Waals surface area contributed by atoms with Crippen LogP contribution in [0.2, 0.25) is 5.02 Å². The van der Waals surface area contributed by atoms with Crippen molar-refractivity contribution < 1.29 is 19.1 Å². The van der Waals surface area contributed by atoms with Gasteiger partial charge in [-0.2, -0.15) is 5.10 Å². The van der Waals surface area contributed by atoms with Gasteiger partial charge in [0.25, 0.3) is 11.8 Å². The molecule has 2 N–H and O–H groups in total. The van der Waals surface area contributed by atoms with Crippen LogP contribution in [-0.2, 0) is 4.79 Å². The first-order valence-corrected chi connectivity index (χ1v) is 10.8. The third kappa shape index (κ3) is 6.63. The Morgan fingerprint density at radius 2 is 1.66 bits per heavy atom. The van der Waals surface area contributed by atoms with Crippen LogP contribution in [0.5, 0.6) is 5.75 Å². The molecule has 0 atom stereocenters. The second-order valence-electron chi connectivity index (χ2n) is 6.39. The quantitative estimate of drug-likeness (QED) is 0.150. The Morgan fingerprint density at radius 3 is 2.41 bits per heavy atom. The minimum absolute atomic E-state index is 0.242. The van der Waals surface area contributed by atoms with Crippen molar-refractivity contribution >= 4 is 58.2 Å². The molecule has 0 radical (unpaired) electrons. The van der Waals surface area contributed by atoms with Gasteiger partial charge in [-0.3, -0.25) is 9.59 Å². The molecule has 162 valence electrons. The molecular formula is C23H17ClIN3O4. The second kappa shape index (κ2) is 11.4. The molecule has 0 aromatic heterocycles. The van der Waals surface area contributed by atoms with Gasteiger partial charge >= 0.3 is 5.97 Å². The third-order valence-electron chi connectivity index (χ3n) is 4.12. The molecule has 0 bridgehead atoms. The van der Waals surface area contributed by atoms with E-state index in [4.69, 9.17) is 16.3 Å². The smallest absolute Gasteiger partial charge is 0.343 e. The number of hydrogen-bond donors (Lipinski definition) is 2. The summed E-state index contributed by atoms with van der Waals surface area (Å²) in [6.07, 6.45) is 1.35. The zero-order valence-electron chi connectivity index (χ0n) is 16.5. The van der Waals surface area contributed by atoms with Crippen LogP contribution in [0.25, 0.3) is 0 Å². The SMILES string of the molecule is O=C(CNC(=O)c1ccccc1I)N/N=C/c1ccccc1OC(=O)c1ccc(Cl)cc1. The number of benzene rings is 3. The number of nitrogens with zero attached hydrogens (tertiary/aromatic N) is 1. The number of hydrazone groups is 1. The van der Waals surface area contributed by atoms with Crippen molar-refractivity contribution in [1.29, 1.82) is 0 Å². The summed E-state index contributed by atoms with van der Waals surface area (Å²) >= 11 is 7.89. The molecule has 2 amide bonds. The molecule has 3 aromatic rings. The summed E-state index contributed by atoms with van der Waals surface area (Å²) in [5.41, 5.74) is 3.65. The van der Waals surface area contributed by atoms with Gasteiger partial charge in [0.05, 0.1) is 23.9 Å². The zero-order chi connectivity index (χ0) is 22.9. The van der Waals surface area contributed by atoms with Crippen molar-refractivity contribution in [3.63, 3.8) is 0 Å². The number of ether oxygens (including phenoxy) is 1. The Kier molecular flexibility index (Phi) is 8.34. The Balaban J connectivity index is 1.55. The van der Waals surface area contributed by atoms with Crippen molar-refractivity contribution in [3.05, 3.63) is 98.1 Å². The van der Waals surface area contributed by atoms with Gasteiger partial charge < -0.3 is 10.1 Å². The van der Waals surface area contributed by atoms with Crippen molar-refractivity contribution in [2.45, 2.75) is 0 Å². The van der Waals surface area contributed by atoms with Crippen LogP contribution < -0.4 is 15.5 Å². The number of amides is 2. The highest BCUT2D eigenvalue weighted by atomic mass is 127. The maximum atomic E-state index is 12.3. The summed E-state index contributed by atoms with van der Waals surface area (Å²) < 4.78 is 6.21. The number of carbonyl (C=O) groups excluding carboxylic acids is 3. The predicted molar refractivity (Wildman–Crippen MR) is 130 cm³/mol. The molecule has 3 aromatic carbocycles. The molecule has 0 heterocycles. The van der Waals surface area contributed by atoms with Crippen LogP contribution in [0.1, 0.15) is 26.3 Å². The van der Waals surface area contributed by atoms with E-state index in [0.29, 0.717) is 21.7 Å². The molecule has 7 nitrogen and oxygen atoms in total. The van der Waals surface area contributed by atoms with Gasteiger partial charge in [0.15, 0.2) is 0 Å². The van der Waals surface area contributed by atoms with Gasteiger partial charge in [-0.1, -0.05) is 35.9 Å². The molecule has 0 saturated carbocycles. The highest BCUT2D eigenvalue weighted by molar-refractivity contribution is 14.1. The van der Waals surface area contributed by atoms with Gasteiger partial charge in [0.1, 0.15) is 5.75 Å². The van der Waals surface area contributed by atoms with Crippen molar-refractivity contribution in [2.24, 2.45) is 5.10 Å². The molecule has 9 heteroatoms. The van der Waals surface area contributed by atoms with Crippen LogP contribution >= 0.6 is 34.2 Å². The average Bonchev–Trinajstić information content (AvgIpc) is 2.79. The number of para-hydroxylation sites is 1. The number of hydrogen-bond acceptors (Lipinski definition) is 5. The Bertz CT molecular complexity index is 1170.